The van der Waals surface area contributed by atoms with E-state index in [0.29, 0.717) is 12.8 Å². The zero-order valence-corrected chi connectivity index (χ0v) is 12.0. The van der Waals surface area contributed by atoms with Crippen LogP contribution in [0.5, 0.6) is 0 Å². The summed E-state index contributed by atoms with van der Waals surface area (Å²) in [4.78, 5) is 11.9. The van der Waals surface area contributed by atoms with Crippen LogP contribution in [0, 0.1) is 17.3 Å². The van der Waals surface area contributed by atoms with Gasteiger partial charge in [0.15, 0.2) is 5.60 Å². The zero-order chi connectivity index (χ0) is 14.9. The fraction of sp³-hybridized carbons (Fsp3) is 0.800. The van der Waals surface area contributed by atoms with Crippen molar-refractivity contribution in [3.8, 4) is 0 Å². The van der Waals surface area contributed by atoms with E-state index >= 15 is 0 Å². The van der Waals surface area contributed by atoms with Crippen molar-refractivity contribution >= 4 is 5.97 Å². The van der Waals surface area contributed by atoms with Gasteiger partial charge >= 0.3 is 5.97 Å². The Balaban J connectivity index is 2.07. The lowest BCUT2D eigenvalue weighted by molar-refractivity contribution is -0.175. The summed E-state index contributed by atoms with van der Waals surface area (Å²) in [5.41, 5.74) is -3.23. The smallest absolute Gasteiger partial charge is 0.338 e. The molecule has 7 atom stereocenters. The van der Waals surface area contributed by atoms with E-state index in [0.717, 1.165) is 0 Å². The van der Waals surface area contributed by atoms with Gasteiger partial charge in [-0.25, -0.2) is 4.79 Å². The third-order valence-corrected chi connectivity index (χ3v) is 5.73. The molecule has 2 aliphatic carbocycles. The number of carbonyl (C=O) groups is 1. The molecule has 5 heteroatoms. The van der Waals surface area contributed by atoms with Crippen molar-refractivity contribution in [2.24, 2.45) is 17.3 Å². The van der Waals surface area contributed by atoms with Crippen molar-refractivity contribution in [3.63, 3.8) is 0 Å². The highest BCUT2D eigenvalue weighted by molar-refractivity contribution is 5.81. The molecular weight excluding hydrogens is 260 g/mol. The molecule has 1 aliphatic heterocycles. The molecule has 1 heterocycles. The number of esters is 1. The number of hydrogen-bond donors (Lipinski definition) is 3. The van der Waals surface area contributed by atoms with Gasteiger partial charge in [0, 0.05) is 17.3 Å². The van der Waals surface area contributed by atoms with Crippen molar-refractivity contribution < 1.29 is 24.9 Å². The molecule has 0 amide bonds. The minimum absolute atomic E-state index is 0.335. The summed E-state index contributed by atoms with van der Waals surface area (Å²) in [5.74, 6) is -1.39. The molecule has 3 rings (SSSR count). The number of rotatable bonds is 0. The number of ether oxygens (including phenoxy) is 1. The van der Waals surface area contributed by atoms with Crippen molar-refractivity contribution in [2.45, 2.75) is 57.0 Å². The highest BCUT2D eigenvalue weighted by Crippen LogP contribution is 2.57. The maximum absolute atomic E-state index is 11.9. The molecule has 0 unspecified atom stereocenters. The summed E-state index contributed by atoms with van der Waals surface area (Å²) in [6.07, 6.45) is 3.17. The quantitative estimate of drug-likeness (QED) is 0.441. The lowest BCUT2D eigenvalue weighted by Gasteiger charge is -2.55. The molecule has 2 fully saturated rings. The third kappa shape index (κ3) is 1.57. The molecule has 3 aliphatic rings. The van der Waals surface area contributed by atoms with Crippen LogP contribution >= 0.6 is 0 Å². The molecule has 5 nitrogen and oxygen atoms in total. The highest BCUT2D eigenvalue weighted by atomic mass is 16.6. The Hall–Kier alpha value is -0.910. The highest BCUT2D eigenvalue weighted by Gasteiger charge is 2.66. The van der Waals surface area contributed by atoms with E-state index < -0.39 is 40.7 Å². The van der Waals surface area contributed by atoms with Gasteiger partial charge in [0.05, 0.1) is 11.7 Å². The number of fused-ring (bicyclic) bond motifs is 3. The van der Waals surface area contributed by atoms with Crippen LogP contribution in [0.1, 0.15) is 33.6 Å². The second-order valence-electron chi connectivity index (χ2n) is 7.18. The van der Waals surface area contributed by atoms with E-state index in [1.54, 1.807) is 19.1 Å². The Bertz CT molecular complexity index is 481. The fourth-order valence-corrected chi connectivity index (χ4v) is 4.48. The standard InChI is InChI=1S/C15H22O5/c1-13-6-4-8-10(20-12(17)15(8,3)19)11(13)14(2,18)7-5-9(13)16/h5,7-11,16,18-19H,4,6H2,1-3H3/t8-,9+,10+,11-,13+,14+,15-/m0/s1. The summed E-state index contributed by atoms with van der Waals surface area (Å²) in [5, 5.41) is 31.3. The second-order valence-corrected chi connectivity index (χ2v) is 7.18. The van der Waals surface area contributed by atoms with Gasteiger partial charge in [-0.15, -0.1) is 0 Å². The predicted octanol–water partition coefficient (Wildman–Crippen LogP) is 0.377. The first-order valence-corrected chi connectivity index (χ1v) is 7.14. The van der Waals surface area contributed by atoms with Crippen LogP contribution < -0.4 is 0 Å². The van der Waals surface area contributed by atoms with Crippen LogP contribution in [0.4, 0.5) is 0 Å². The zero-order valence-electron chi connectivity index (χ0n) is 12.0. The molecule has 0 aromatic rings. The molecule has 0 aromatic carbocycles. The van der Waals surface area contributed by atoms with E-state index in [1.807, 2.05) is 6.92 Å². The first-order valence-electron chi connectivity index (χ1n) is 7.14. The van der Waals surface area contributed by atoms with Gasteiger partial charge in [-0.05, 0) is 26.7 Å². The molecular formula is C15H22O5. The van der Waals surface area contributed by atoms with Crippen molar-refractivity contribution in [3.05, 3.63) is 12.2 Å². The van der Waals surface area contributed by atoms with Crippen LogP contribution in [-0.4, -0.2) is 44.7 Å². The lowest BCUT2D eigenvalue weighted by atomic mass is 9.52. The first kappa shape index (κ1) is 14.0. The Labute approximate surface area is 118 Å². The SMILES string of the molecule is C[C@]12CC[C@H]3[C@@H](OC(=O)[C@@]3(C)O)[C@@H]1[C@](C)(O)C=C[C@H]2O. The summed E-state index contributed by atoms with van der Waals surface area (Å²) in [7, 11) is 0. The van der Waals surface area contributed by atoms with E-state index in [2.05, 4.69) is 0 Å². The summed E-state index contributed by atoms with van der Waals surface area (Å²) in [6.45, 7) is 5.06. The maximum atomic E-state index is 11.9. The summed E-state index contributed by atoms with van der Waals surface area (Å²) >= 11 is 0. The molecule has 3 N–H and O–H groups in total. The van der Waals surface area contributed by atoms with Gasteiger partial charge in [-0.2, -0.15) is 0 Å². The first-order chi connectivity index (χ1) is 9.10. The van der Waals surface area contributed by atoms with Crippen LogP contribution in [0.2, 0.25) is 0 Å². The Kier molecular flexibility index (Phi) is 2.70. The van der Waals surface area contributed by atoms with Crippen molar-refractivity contribution in [2.75, 3.05) is 0 Å². The average Bonchev–Trinajstić information content (AvgIpc) is 2.55. The normalized spacial score (nSPS) is 58.0. The molecule has 1 saturated heterocycles. The van der Waals surface area contributed by atoms with Gasteiger partial charge in [0.25, 0.3) is 0 Å². The van der Waals surface area contributed by atoms with Crippen LogP contribution in [-0.2, 0) is 9.53 Å². The van der Waals surface area contributed by atoms with Crippen LogP contribution in [0.25, 0.3) is 0 Å². The summed E-state index contributed by atoms with van der Waals surface area (Å²) in [6, 6.07) is 0. The topological polar surface area (TPSA) is 87.0 Å². The number of aliphatic hydroxyl groups is 3. The Morgan fingerprint density at radius 3 is 2.60 bits per heavy atom. The second kappa shape index (κ2) is 3.84. The van der Waals surface area contributed by atoms with E-state index in [4.69, 9.17) is 4.74 Å². The predicted molar refractivity (Wildman–Crippen MR) is 70.6 cm³/mol. The van der Waals surface area contributed by atoms with Crippen LogP contribution in [0.3, 0.4) is 0 Å². The molecule has 1 saturated carbocycles. The van der Waals surface area contributed by atoms with Gasteiger partial charge in [0.1, 0.15) is 6.10 Å². The third-order valence-electron chi connectivity index (χ3n) is 5.73. The van der Waals surface area contributed by atoms with Gasteiger partial charge in [-0.1, -0.05) is 19.1 Å². The van der Waals surface area contributed by atoms with Gasteiger partial charge in [0.2, 0.25) is 0 Å². The minimum atomic E-state index is -1.51. The largest absolute Gasteiger partial charge is 0.459 e. The molecule has 112 valence electrons. The number of aliphatic hydroxyl groups excluding tert-OH is 1. The van der Waals surface area contributed by atoms with Crippen molar-refractivity contribution in [1.82, 2.24) is 0 Å². The van der Waals surface area contributed by atoms with E-state index in [-0.39, 0.29) is 5.92 Å². The van der Waals surface area contributed by atoms with Crippen LogP contribution in [0.15, 0.2) is 12.2 Å². The van der Waals surface area contributed by atoms with Gasteiger partial charge in [-0.3, -0.25) is 0 Å². The average molecular weight is 282 g/mol. The fourth-order valence-electron chi connectivity index (χ4n) is 4.48. The van der Waals surface area contributed by atoms with E-state index in [1.165, 1.54) is 6.92 Å². The number of carbonyl (C=O) groups excluding carboxylic acids is 1. The minimum Gasteiger partial charge on any atom is -0.459 e. The molecule has 0 radical (unpaired) electrons. The van der Waals surface area contributed by atoms with E-state index in [9.17, 15) is 20.1 Å². The monoisotopic (exact) mass is 282 g/mol. The number of hydrogen-bond acceptors (Lipinski definition) is 5. The molecule has 0 spiro atoms. The molecule has 0 aromatic heterocycles. The Morgan fingerprint density at radius 2 is 1.95 bits per heavy atom. The Morgan fingerprint density at radius 1 is 1.30 bits per heavy atom. The molecule has 20 heavy (non-hydrogen) atoms. The van der Waals surface area contributed by atoms with Crippen molar-refractivity contribution in [1.29, 1.82) is 0 Å². The lowest BCUT2D eigenvalue weighted by Crippen LogP contribution is -2.61. The maximum Gasteiger partial charge on any atom is 0.338 e. The van der Waals surface area contributed by atoms with Gasteiger partial charge < -0.3 is 20.1 Å². The summed E-state index contributed by atoms with van der Waals surface area (Å²) < 4.78 is 5.41. The molecule has 0 bridgehead atoms.